The lowest BCUT2D eigenvalue weighted by Crippen LogP contribution is -2.44. The summed E-state index contributed by atoms with van der Waals surface area (Å²) in [5, 5.41) is 13.8. The zero-order valence-electron chi connectivity index (χ0n) is 9.33. The van der Waals surface area contributed by atoms with Crippen molar-refractivity contribution in [1.29, 1.82) is 0 Å². The van der Waals surface area contributed by atoms with Gasteiger partial charge in [0.05, 0.1) is 12.8 Å². The van der Waals surface area contributed by atoms with E-state index in [9.17, 15) is 4.79 Å². The fourth-order valence-corrected chi connectivity index (χ4v) is 1.51. The number of amides is 1. The summed E-state index contributed by atoms with van der Waals surface area (Å²) in [6.45, 7) is 2.03. The third kappa shape index (κ3) is 2.30. The van der Waals surface area contributed by atoms with Crippen molar-refractivity contribution in [3.05, 3.63) is 35.9 Å². The highest BCUT2D eigenvalue weighted by Crippen LogP contribution is 2.24. The number of carbonyl (C=O) groups is 1. The maximum Gasteiger partial charge on any atom is 0.409 e. The fourth-order valence-electron chi connectivity index (χ4n) is 1.51. The molecule has 6 heteroatoms. The maximum atomic E-state index is 11.5. The van der Waals surface area contributed by atoms with Crippen LogP contribution in [0.25, 0.3) is 0 Å². The molecule has 17 heavy (non-hydrogen) atoms. The number of rotatable bonds is 3. The second-order valence-corrected chi connectivity index (χ2v) is 3.41. The van der Waals surface area contributed by atoms with Crippen LogP contribution in [0.4, 0.5) is 4.79 Å². The van der Waals surface area contributed by atoms with Gasteiger partial charge in [0.25, 0.3) is 0 Å². The molecule has 0 aliphatic carbocycles. The number of benzene rings is 1. The molecule has 0 aromatic heterocycles. The van der Waals surface area contributed by atoms with Crippen molar-refractivity contribution in [2.75, 3.05) is 6.61 Å². The monoisotopic (exact) mass is 232 g/mol. The number of carbonyl (C=O) groups excluding carboxylic acids is 1. The van der Waals surface area contributed by atoms with Gasteiger partial charge in [-0.2, -0.15) is 0 Å². The highest BCUT2D eigenvalue weighted by atomic mass is 16.5. The highest BCUT2D eigenvalue weighted by Gasteiger charge is 2.35. The Hall–Kier alpha value is -2.24. The van der Waals surface area contributed by atoms with Crippen LogP contribution in [0, 0.1) is 0 Å². The molecule has 0 saturated heterocycles. The van der Waals surface area contributed by atoms with Gasteiger partial charge in [-0.3, -0.25) is 5.32 Å². The molecule has 1 N–H and O–H groups in total. The van der Waals surface area contributed by atoms with Gasteiger partial charge in [0.15, 0.2) is 0 Å². The third-order valence-electron chi connectivity index (χ3n) is 2.28. The van der Waals surface area contributed by atoms with Gasteiger partial charge >= 0.3 is 6.09 Å². The maximum absolute atomic E-state index is 11.5. The summed E-state index contributed by atoms with van der Waals surface area (Å²) in [5.41, 5.74) is -0.272. The van der Waals surface area contributed by atoms with Gasteiger partial charge in [-0.25, -0.2) is 4.79 Å². The Morgan fingerprint density at radius 3 is 2.76 bits per heavy atom. The molecule has 2 rings (SSSR count). The van der Waals surface area contributed by atoms with E-state index >= 15 is 0 Å². The standard InChI is InChI=1S/C11H12N4O2/c1-2-17-10(16)13-11(8-12-15-14-11)9-6-4-3-5-7-9/h3-8H,2H2,1H3,(H,13,16). The fraction of sp³-hybridized carbons (Fsp3) is 0.273. The quantitative estimate of drug-likeness (QED) is 0.865. The molecule has 1 aliphatic rings. The van der Waals surface area contributed by atoms with Gasteiger partial charge in [0.1, 0.15) is 0 Å². The predicted molar refractivity (Wildman–Crippen MR) is 61.6 cm³/mol. The molecular weight excluding hydrogens is 220 g/mol. The first kappa shape index (κ1) is 11.3. The number of hydrogen-bond acceptors (Lipinski definition) is 5. The second kappa shape index (κ2) is 4.73. The summed E-state index contributed by atoms with van der Waals surface area (Å²) in [6, 6.07) is 9.26. The Balaban J connectivity index is 2.26. The molecule has 0 fully saturated rings. The van der Waals surface area contributed by atoms with Gasteiger partial charge < -0.3 is 4.74 Å². The predicted octanol–water partition coefficient (Wildman–Crippen LogP) is 2.04. The molecule has 1 aromatic rings. The van der Waals surface area contributed by atoms with Gasteiger partial charge in [0, 0.05) is 5.56 Å². The summed E-state index contributed by atoms with van der Waals surface area (Å²) in [6.07, 6.45) is 0.919. The molecule has 1 heterocycles. The number of alkyl carbamates (subject to hydrolysis) is 1. The first-order valence-corrected chi connectivity index (χ1v) is 5.24. The highest BCUT2D eigenvalue weighted by molar-refractivity contribution is 5.80. The number of nitrogens with one attached hydrogen (secondary N) is 1. The summed E-state index contributed by atoms with van der Waals surface area (Å²) in [4.78, 5) is 11.5. The normalized spacial score (nSPS) is 21.5. The number of hydrogen-bond donors (Lipinski definition) is 1. The number of ether oxygens (including phenoxy) is 1. The minimum atomic E-state index is -1.05. The summed E-state index contributed by atoms with van der Waals surface area (Å²) >= 11 is 0. The van der Waals surface area contributed by atoms with Crippen LogP contribution in [0.15, 0.2) is 45.8 Å². The van der Waals surface area contributed by atoms with Gasteiger partial charge in [-0.15, -0.1) is 10.2 Å². The minimum absolute atomic E-state index is 0.297. The van der Waals surface area contributed by atoms with Crippen molar-refractivity contribution >= 4 is 12.3 Å². The summed E-state index contributed by atoms with van der Waals surface area (Å²) in [7, 11) is 0. The van der Waals surface area contributed by atoms with Gasteiger partial charge in [0.2, 0.25) is 5.66 Å². The molecule has 1 atom stereocenters. The van der Waals surface area contributed by atoms with Crippen LogP contribution in [0.2, 0.25) is 0 Å². The van der Waals surface area contributed by atoms with E-state index in [1.807, 2.05) is 30.3 Å². The van der Waals surface area contributed by atoms with Crippen LogP contribution in [0.1, 0.15) is 12.5 Å². The lowest BCUT2D eigenvalue weighted by atomic mass is 10.0. The van der Waals surface area contributed by atoms with Crippen LogP contribution >= 0.6 is 0 Å². The average molecular weight is 232 g/mol. The topological polar surface area (TPSA) is 75.4 Å². The van der Waals surface area contributed by atoms with E-state index in [0.29, 0.717) is 6.61 Å². The van der Waals surface area contributed by atoms with Crippen molar-refractivity contribution in [3.63, 3.8) is 0 Å². The lowest BCUT2D eigenvalue weighted by molar-refractivity contribution is 0.145. The van der Waals surface area contributed by atoms with Crippen LogP contribution < -0.4 is 5.32 Å². The number of nitrogens with zero attached hydrogens (tertiary/aromatic N) is 3. The molecular formula is C11H12N4O2. The lowest BCUT2D eigenvalue weighted by Gasteiger charge is -2.22. The molecule has 88 valence electrons. The van der Waals surface area contributed by atoms with Crippen LogP contribution in [0.3, 0.4) is 0 Å². The molecule has 6 nitrogen and oxygen atoms in total. The smallest absolute Gasteiger partial charge is 0.409 e. The Morgan fingerprint density at radius 1 is 1.41 bits per heavy atom. The Labute approximate surface area is 98.4 Å². The minimum Gasteiger partial charge on any atom is -0.450 e. The molecule has 0 saturated carbocycles. The molecule has 1 unspecified atom stereocenters. The van der Waals surface area contributed by atoms with Crippen molar-refractivity contribution in [2.24, 2.45) is 15.4 Å². The van der Waals surface area contributed by atoms with Crippen molar-refractivity contribution in [1.82, 2.24) is 5.32 Å². The molecule has 0 bridgehead atoms. The Kier molecular flexibility index (Phi) is 3.13. The van der Waals surface area contributed by atoms with E-state index in [0.717, 1.165) is 5.56 Å². The molecule has 0 spiro atoms. The van der Waals surface area contributed by atoms with Crippen molar-refractivity contribution in [2.45, 2.75) is 12.6 Å². The summed E-state index contributed by atoms with van der Waals surface area (Å²) < 4.78 is 4.84. The molecule has 1 aromatic carbocycles. The van der Waals surface area contributed by atoms with E-state index in [1.165, 1.54) is 6.21 Å². The van der Waals surface area contributed by atoms with Crippen molar-refractivity contribution < 1.29 is 9.53 Å². The first-order valence-electron chi connectivity index (χ1n) is 5.24. The Bertz CT molecular complexity index is 444. The van der Waals surface area contributed by atoms with E-state index in [4.69, 9.17) is 4.74 Å². The second-order valence-electron chi connectivity index (χ2n) is 3.41. The van der Waals surface area contributed by atoms with E-state index in [2.05, 4.69) is 20.8 Å². The van der Waals surface area contributed by atoms with E-state index in [1.54, 1.807) is 6.92 Å². The zero-order valence-corrected chi connectivity index (χ0v) is 9.33. The van der Waals surface area contributed by atoms with Crippen LogP contribution in [0.5, 0.6) is 0 Å². The van der Waals surface area contributed by atoms with E-state index < -0.39 is 11.8 Å². The molecule has 1 aliphatic heterocycles. The van der Waals surface area contributed by atoms with Crippen molar-refractivity contribution in [3.8, 4) is 0 Å². The van der Waals surface area contributed by atoms with Gasteiger partial charge in [-0.05, 0) is 12.1 Å². The zero-order chi connectivity index (χ0) is 12.1. The average Bonchev–Trinajstić information content (AvgIpc) is 2.80. The summed E-state index contributed by atoms with van der Waals surface area (Å²) in [5.74, 6) is 0. The largest absolute Gasteiger partial charge is 0.450 e. The SMILES string of the molecule is CCOC(=O)NC1(c2ccccc2)C=NN=N1. The van der Waals surface area contributed by atoms with Gasteiger partial charge in [-0.1, -0.05) is 30.3 Å². The first-order chi connectivity index (χ1) is 8.27. The van der Waals surface area contributed by atoms with E-state index in [-0.39, 0.29) is 0 Å². The molecule has 1 amide bonds. The Morgan fingerprint density at radius 2 is 2.18 bits per heavy atom. The van der Waals surface area contributed by atoms with Crippen LogP contribution in [-0.4, -0.2) is 18.9 Å². The third-order valence-corrected chi connectivity index (χ3v) is 2.28. The van der Waals surface area contributed by atoms with Crippen LogP contribution in [-0.2, 0) is 10.4 Å². The molecule has 0 radical (unpaired) electrons.